The van der Waals surface area contributed by atoms with Crippen LogP contribution in [-0.2, 0) is 0 Å². The van der Waals surface area contributed by atoms with Crippen molar-refractivity contribution < 1.29 is 5.11 Å². The first-order chi connectivity index (χ1) is 7.24. The van der Waals surface area contributed by atoms with E-state index >= 15 is 0 Å². The van der Waals surface area contributed by atoms with Crippen molar-refractivity contribution in [3.63, 3.8) is 0 Å². The second-order valence-electron chi connectivity index (χ2n) is 4.34. The number of unbranched alkanes of at least 4 members (excludes halogenated alkanes) is 3. The number of phenolic OH excluding ortho intramolecular Hbond substituents is 1. The molecule has 84 valence electrons. The Hall–Kier alpha value is -0.980. The van der Waals surface area contributed by atoms with E-state index in [9.17, 15) is 5.11 Å². The maximum Gasteiger partial charge on any atom is 0.115 e. The van der Waals surface area contributed by atoms with Crippen LogP contribution in [0.4, 0.5) is 0 Å². The van der Waals surface area contributed by atoms with E-state index in [-0.39, 0.29) is 0 Å². The van der Waals surface area contributed by atoms with Gasteiger partial charge in [0.2, 0.25) is 0 Å². The van der Waals surface area contributed by atoms with E-state index in [0.29, 0.717) is 11.7 Å². The van der Waals surface area contributed by atoms with Crippen LogP contribution in [0.5, 0.6) is 5.75 Å². The molecule has 0 spiro atoms. The van der Waals surface area contributed by atoms with Crippen LogP contribution in [0.25, 0.3) is 0 Å². The summed E-state index contributed by atoms with van der Waals surface area (Å²) in [6.07, 6.45) is 6.56. The Morgan fingerprint density at radius 3 is 2.33 bits per heavy atom. The van der Waals surface area contributed by atoms with Gasteiger partial charge >= 0.3 is 0 Å². The highest BCUT2D eigenvalue weighted by Gasteiger charge is 2.04. The topological polar surface area (TPSA) is 20.2 Å². The molecule has 1 rings (SSSR count). The first kappa shape index (κ1) is 12.1. The van der Waals surface area contributed by atoms with E-state index in [1.54, 1.807) is 12.1 Å². The zero-order chi connectivity index (χ0) is 11.1. The number of aromatic hydroxyl groups is 1. The first-order valence-electron chi connectivity index (χ1n) is 6.03. The molecule has 0 unspecified atom stereocenters. The minimum atomic E-state index is 0.358. The second kappa shape index (κ2) is 6.49. The molecule has 0 saturated carbocycles. The molecular formula is C14H22O. The third-order valence-electron chi connectivity index (χ3n) is 2.95. The molecule has 1 aromatic rings. The van der Waals surface area contributed by atoms with Gasteiger partial charge in [-0.05, 0) is 30.0 Å². The van der Waals surface area contributed by atoms with Crippen LogP contribution >= 0.6 is 0 Å². The van der Waals surface area contributed by atoms with Gasteiger partial charge in [0.25, 0.3) is 0 Å². The van der Waals surface area contributed by atoms with Gasteiger partial charge in [-0.15, -0.1) is 0 Å². The molecule has 0 aromatic heterocycles. The molecule has 0 fully saturated rings. The van der Waals surface area contributed by atoms with Gasteiger partial charge in [-0.1, -0.05) is 51.7 Å². The van der Waals surface area contributed by atoms with Crippen molar-refractivity contribution in [2.24, 2.45) is 0 Å². The third kappa shape index (κ3) is 4.37. The van der Waals surface area contributed by atoms with Gasteiger partial charge in [0.1, 0.15) is 5.75 Å². The molecule has 0 heterocycles. The monoisotopic (exact) mass is 206 g/mol. The van der Waals surface area contributed by atoms with Gasteiger partial charge in [-0.3, -0.25) is 0 Å². The van der Waals surface area contributed by atoms with E-state index < -0.39 is 0 Å². The lowest BCUT2D eigenvalue weighted by Crippen LogP contribution is -1.93. The maximum atomic E-state index is 9.18. The van der Waals surface area contributed by atoms with Crippen LogP contribution in [0.3, 0.4) is 0 Å². The molecule has 0 bridgehead atoms. The summed E-state index contributed by atoms with van der Waals surface area (Å²) in [5.74, 6) is 0.972. The van der Waals surface area contributed by atoms with E-state index in [0.717, 1.165) is 0 Å². The molecule has 1 aromatic carbocycles. The highest BCUT2D eigenvalue weighted by Crippen LogP contribution is 2.23. The Morgan fingerprint density at radius 1 is 1.07 bits per heavy atom. The SMILES string of the molecule is CCCCCC[C@H](C)c1ccc(O)cc1. The van der Waals surface area contributed by atoms with Gasteiger partial charge in [0.15, 0.2) is 0 Å². The molecule has 0 aliphatic heterocycles. The van der Waals surface area contributed by atoms with Crippen molar-refractivity contribution in [1.29, 1.82) is 0 Å². The van der Waals surface area contributed by atoms with Crippen LogP contribution in [0.2, 0.25) is 0 Å². The predicted octanol–water partition coefficient (Wildman–Crippen LogP) is 4.47. The standard InChI is InChI=1S/C14H22O/c1-3-4-5-6-7-12(2)13-8-10-14(15)11-9-13/h8-12,15H,3-7H2,1-2H3/t12-/m0/s1. The molecule has 0 aliphatic carbocycles. The lowest BCUT2D eigenvalue weighted by Gasteiger charge is -2.11. The quantitative estimate of drug-likeness (QED) is 0.681. The van der Waals surface area contributed by atoms with E-state index in [1.807, 2.05) is 12.1 Å². The molecule has 0 saturated heterocycles. The average molecular weight is 206 g/mol. The predicted molar refractivity (Wildman–Crippen MR) is 65.3 cm³/mol. The van der Waals surface area contributed by atoms with Crippen molar-refractivity contribution in [2.75, 3.05) is 0 Å². The third-order valence-corrected chi connectivity index (χ3v) is 2.95. The zero-order valence-electron chi connectivity index (χ0n) is 9.87. The summed E-state index contributed by atoms with van der Waals surface area (Å²) in [6, 6.07) is 7.61. The van der Waals surface area contributed by atoms with Crippen molar-refractivity contribution in [2.45, 2.75) is 51.9 Å². The van der Waals surface area contributed by atoms with E-state index in [2.05, 4.69) is 13.8 Å². The summed E-state index contributed by atoms with van der Waals surface area (Å²) in [5, 5.41) is 9.18. The van der Waals surface area contributed by atoms with Crippen molar-refractivity contribution >= 4 is 0 Å². The van der Waals surface area contributed by atoms with Crippen LogP contribution in [0.1, 0.15) is 57.4 Å². The summed E-state index contributed by atoms with van der Waals surface area (Å²) < 4.78 is 0. The highest BCUT2D eigenvalue weighted by atomic mass is 16.3. The fourth-order valence-corrected chi connectivity index (χ4v) is 1.85. The molecule has 15 heavy (non-hydrogen) atoms. The maximum absolute atomic E-state index is 9.18. The van der Waals surface area contributed by atoms with Crippen molar-refractivity contribution in [3.05, 3.63) is 29.8 Å². The summed E-state index contributed by atoms with van der Waals surface area (Å²) >= 11 is 0. The molecule has 0 aliphatic rings. The normalized spacial score (nSPS) is 12.7. The minimum Gasteiger partial charge on any atom is -0.508 e. The number of rotatable bonds is 6. The average Bonchev–Trinajstić information content (AvgIpc) is 2.25. The van der Waals surface area contributed by atoms with Gasteiger partial charge in [0, 0.05) is 0 Å². The van der Waals surface area contributed by atoms with Gasteiger partial charge < -0.3 is 5.11 Å². The largest absolute Gasteiger partial charge is 0.508 e. The molecule has 1 atom stereocenters. The summed E-state index contributed by atoms with van der Waals surface area (Å²) in [4.78, 5) is 0. The Morgan fingerprint density at radius 2 is 1.73 bits per heavy atom. The number of hydrogen-bond donors (Lipinski definition) is 1. The lowest BCUT2D eigenvalue weighted by atomic mass is 9.95. The number of benzene rings is 1. The summed E-state index contributed by atoms with van der Waals surface area (Å²) in [7, 11) is 0. The first-order valence-corrected chi connectivity index (χ1v) is 6.03. The van der Waals surface area contributed by atoms with E-state index in [4.69, 9.17) is 0 Å². The Bertz CT molecular complexity index is 263. The zero-order valence-corrected chi connectivity index (χ0v) is 9.87. The van der Waals surface area contributed by atoms with E-state index in [1.165, 1.54) is 37.7 Å². The van der Waals surface area contributed by atoms with Gasteiger partial charge in [-0.25, -0.2) is 0 Å². The van der Waals surface area contributed by atoms with Crippen LogP contribution in [-0.4, -0.2) is 5.11 Å². The Kier molecular flexibility index (Phi) is 5.23. The lowest BCUT2D eigenvalue weighted by molar-refractivity contribution is 0.474. The molecule has 0 radical (unpaired) electrons. The van der Waals surface area contributed by atoms with Crippen LogP contribution in [0, 0.1) is 0 Å². The van der Waals surface area contributed by atoms with Gasteiger partial charge in [-0.2, -0.15) is 0 Å². The highest BCUT2D eigenvalue weighted by molar-refractivity contribution is 5.27. The second-order valence-corrected chi connectivity index (χ2v) is 4.34. The summed E-state index contributed by atoms with van der Waals surface area (Å²) in [5.41, 5.74) is 1.34. The molecule has 1 N–H and O–H groups in total. The smallest absolute Gasteiger partial charge is 0.115 e. The van der Waals surface area contributed by atoms with Gasteiger partial charge in [0.05, 0.1) is 0 Å². The Balaban J connectivity index is 2.33. The summed E-state index contributed by atoms with van der Waals surface area (Å²) in [6.45, 7) is 4.50. The van der Waals surface area contributed by atoms with Crippen LogP contribution < -0.4 is 0 Å². The molecule has 1 heteroatoms. The van der Waals surface area contributed by atoms with Crippen molar-refractivity contribution in [1.82, 2.24) is 0 Å². The molecule has 0 amide bonds. The van der Waals surface area contributed by atoms with Crippen molar-refractivity contribution in [3.8, 4) is 5.75 Å². The molecular weight excluding hydrogens is 184 g/mol. The molecule has 1 nitrogen and oxygen atoms in total. The number of hydrogen-bond acceptors (Lipinski definition) is 1. The number of phenols is 1. The fraction of sp³-hybridized carbons (Fsp3) is 0.571. The van der Waals surface area contributed by atoms with Crippen LogP contribution in [0.15, 0.2) is 24.3 Å². The minimum absolute atomic E-state index is 0.358. The Labute approximate surface area is 93.1 Å². The fourth-order valence-electron chi connectivity index (χ4n) is 1.85.